The molecule has 7 nitrogen and oxygen atoms in total. The summed E-state index contributed by atoms with van der Waals surface area (Å²) >= 11 is 0. The lowest BCUT2D eigenvalue weighted by molar-refractivity contribution is 0.313. The van der Waals surface area contributed by atoms with Crippen molar-refractivity contribution in [3.05, 3.63) is 108 Å². The van der Waals surface area contributed by atoms with Crippen LogP contribution < -0.4 is 20.5 Å². The molecule has 0 saturated heterocycles. The summed E-state index contributed by atoms with van der Waals surface area (Å²) in [7, 11) is 1.67. The average molecular weight is 480 g/mol. The lowest BCUT2D eigenvalue weighted by atomic mass is 10.1. The van der Waals surface area contributed by atoms with E-state index in [0.29, 0.717) is 13.0 Å². The van der Waals surface area contributed by atoms with E-state index in [0.717, 1.165) is 58.6 Å². The molecule has 7 heteroatoms. The smallest absolute Gasteiger partial charge is 0.156 e. The Hall–Kier alpha value is -4.36. The van der Waals surface area contributed by atoms with Gasteiger partial charge in [-0.15, -0.1) is 0 Å². The molecule has 0 fully saturated rings. The van der Waals surface area contributed by atoms with E-state index in [9.17, 15) is 0 Å². The van der Waals surface area contributed by atoms with E-state index < -0.39 is 0 Å². The third-order valence-corrected chi connectivity index (χ3v) is 5.93. The van der Waals surface area contributed by atoms with Crippen LogP contribution in [0, 0.1) is 0 Å². The maximum absolute atomic E-state index is 5.87. The van der Waals surface area contributed by atoms with Crippen molar-refractivity contribution in [2.45, 2.75) is 13.0 Å². The van der Waals surface area contributed by atoms with E-state index in [1.54, 1.807) is 7.11 Å². The fourth-order valence-corrected chi connectivity index (χ4v) is 4.00. The van der Waals surface area contributed by atoms with Gasteiger partial charge in [0.15, 0.2) is 11.5 Å². The monoisotopic (exact) mass is 479 g/mol. The normalized spacial score (nSPS) is 11.0. The van der Waals surface area contributed by atoms with Crippen LogP contribution in [0.25, 0.3) is 16.9 Å². The number of methoxy groups -OCH3 is 1. The van der Waals surface area contributed by atoms with E-state index in [-0.39, 0.29) is 0 Å². The topological polar surface area (TPSA) is 86.7 Å². The van der Waals surface area contributed by atoms with Gasteiger partial charge in [-0.2, -0.15) is 5.10 Å². The zero-order chi connectivity index (χ0) is 24.7. The van der Waals surface area contributed by atoms with Gasteiger partial charge in [-0.05, 0) is 71.8 Å². The summed E-state index contributed by atoms with van der Waals surface area (Å²) in [5, 5.41) is 8.16. The number of benzene rings is 3. The van der Waals surface area contributed by atoms with Crippen molar-refractivity contribution in [3.8, 4) is 22.8 Å². The summed E-state index contributed by atoms with van der Waals surface area (Å²) in [6.45, 7) is 2.14. The second kappa shape index (κ2) is 10.9. The number of aromatic nitrogens is 3. The molecule has 36 heavy (non-hydrogen) atoms. The molecule has 0 atom stereocenters. The predicted octanol–water partition coefficient (Wildman–Crippen LogP) is 4.75. The second-order valence-electron chi connectivity index (χ2n) is 8.53. The Labute approximate surface area is 210 Å². The summed E-state index contributed by atoms with van der Waals surface area (Å²) in [5.74, 6) is 2.45. The fourth-order valence-electron chi connectivity index (χ4n) is 4.00. The van der Waals surface area contributed by atoms with Crippen LogP contribution in [-0.2, 0) is 13.0 Å². The van der Waals surface area contributed by atoms with Crippen molar-refractivity contribution in [3.63, 3.8) is 0 Å². The summed E-state index contributed by atoms with van der Waals surface area (Å²) in [6, 6.07) is 30.0. The van der Waals surface area contributed by atoms with Gasteiger partial charge in [-0.1, -0.05) is 30.3 Å². The molecule has 3 aromatic carbocycles. The maximum atomic E-state index is 5.87. The largest absolute Gasteiger partial charge is 0.497 e. The molecule has 0 saturated carbocycles. The molecule has 2 aromatic heterocycles. The van der Waals surface area contributed by atoms with Crippen LogP contribution in [0.3, 0.4) is 0 Å². The molecular weight excluding hydrogens is 450 g/mol. The number of nitrogens with two attached hydrogens (primary N) is 1. The number of anilines is 1. The molecular formula is C29H29N5O2. The van der Waals surface area contributed by atoms with Crippen molar-refractivity contribution < 1.29 is 9.47 Å². The van der Waals surface area contributed by atoms with Crippen molar-refractivity contribution in [1.82, 2.24) is 19.9 Å². The molecule has 0 radical (unpaired) electrons. The van der Waals surface area contributed by atoms with Crippen molar-refractivity contribution in [1.29, 1.82) is 0 Å². The zero-order valence-corrected chi connectivity index (χ0v) is 20.2. The van der Waals surface area contributed by atoms with Crippen LogP contribution in [0.2, 0.25) is 0 Å². The summed E-state index contributed by atoms with van der Waals surface area (Å²) < 4.78 is 13.0. The number of nitrogens with one attached hydrogen (secondary N) is 1. The molecule has 0 amide bonds. The van der Waals surface area contributed by atoms with Gasteiger partial charge in [0.1, 0.15) is 18.1 Å². The van der Waals surface area contributed by atoms with Gasteiger partial charge in [-0.25, -0.2) is 9.50 Å². The fraction of sp³-hybridized carbons (Fsp3) is 0.172. The van der Waals surface area contributed by atoms with Gasteiger partial charge in [0.05, 0.1) is 12.8 Å². The van der Waals surface area contributed by atoms with Gasteiger partial charge < -0.3 is 20.5 Å². The van der Waals surface area contributed by atoms with Crippen LogP contribution in [0.4, 0.5) is 5.69 Å². The van der Waals surface area contributed by atoms with Crippen molar-refractivity contribution in [2.24, 2.45) is 0 Å². The lowest BCUT2D eigenvalue weighted by Gasteiger charge is -2.08. The highest BCUT2D eigenvalue weighted by Gasteiger charge is 2.10. The number of hydrogen-bond acceptors (Lipinski definition) is 6. The molecule has 182 valence electrons. The first kappa shape index (κ1) is 23.4. The van der Waals surface area contributed by atoms with Crippen molar-refractivity contribution in [2.75, 3.05) is 26.0 Å². The number of rotatable bonds is 10. The Balaban J connectivity index is 1.16. The second-order valence-corrected chi connectivity index (χ2v) is 8.53. The quantitative estimate of drug-likeness (QED) is 0.222. The number of ether oxygens (including phenoxy) is 2. The molecule has 5 aromatic rings. The van der Waals surface area contributed by atoms with E-state index in [2.05, 4.69) is 17.4 Å². The standard InChI is InChI=1S/C29H29N5O2/c1-35-25-15-9-23(10-16-25)27-3-2-4-29-32-28(33-34(27)29)19-21-7-13-26(14-8-21)36-18-17-31-20-22-5-11-24(30)12-6-22/h2-16,31H,17-20,30H2,1H3. The van der Waals surface area contributed by atoms with E-state index >= 15 is 0 Å². The minimum absolute atomic E-state index is 0.594. The predicted molar refractivity (Wildman–Crippen MR) is 142 cm³/mol. The Bertz CT molecular complexity index is 1410. The Morgan fingerprint density at radius 3 is 2.31 bits per heavy atom. The molecule has 0 unspecified atom stereocenters. The SMILES string of the molecule is COc1ccc(-c2cccc3nc(Cc4ccc(OCCNCc5ccc(N)cc5)cc4)nn23)cc1. The Morgan fingerprint density at radius 1 is 0.833 bits per heavy atom. The number of fused-ring (bicyclic) bond motifs is 1. The number of pyridine rings is 1. The average Bonchev–Trinajstić information content (AvgIpc) is 3.33. The third kappa shape index (κ3) is 5.64. The first-order valence-electron chi connectivity index (χ1n) is 11.9. The van der Waals surface area contributed by atoms with Crippen LogP contribution in [0.5, 0.6) is 11.5 Å². The minimum Gasteiger partial charge on any atom is -0.497 e. The highest BCUT2D eigenvalue weighted by molar-refractivity contribution is 5.63. The summed E-state index contributed by atoms with van der Waals surface area (Å²) in [5.41, 5.74) is 11.7. The summed E-state index contributed by atoms with van der Waals surface area (Å²) in [6.07, 6.45) is 0.646. The number of nitrogen functional groups attached to an aromatic ring is 1. The first-order chi connectivity index (χ1) is 17.7. The lowest BCUT2D eigenvalue weighted by Crippen LogP contribution is -2.20. The maximum Gasteiger partial charge on any atom is 0.156 e. The molecule has 3 N–H and O–H groups in total. The molecule has 2 heterocycles. The Morgan fingerprint density at radius 2 is 1.56 bits per heavy atom. The molecule has 0 aliphatic carbocycles. The third-order valence-electron chi connectivity index (χ3n) is 5.93. The van der Waals surface area contributed by atoms with Gasteiger partial charge >= 0.3 is 0 Å². The number of nitrogens with zero attached hydrogens (tertiary/aromatic N) is 3. The van der Waals surface area contributed by atoms with Gasteiger partial charge in [0.2, 0.25) is 0 Å². The Kier molecular flexibility index (Phi) is 7.10. The van der Waals surface area contributed by atoms with E-state index in [1.165, 1.54) is 5.56 Å². The molecule has 0 aliphatic rings. The van der Waals surface area contributed by atoms with Crippen LogP contribution >= 0.6 is 0 Å². The molecule has 0 spiro atoms. The van der Waals surface area contributed by atoms with Gasteiger partial charge in [0.25, 0.3) is 0 Å². The van der Waals surface area contributed by atoms with E-state index in [4.69, 9.17) is 25.3 Å². The van der Waals surface area contributed by atoms with Gasteiger partial charge in [0, 0.05) is 30.8 Å². The van der Waals surface area contributed by atoms with E-state index in [1.807, 2.05) is 83.4 Å². The van der Waals surface area contributed by atoms with Crippen molar-refractivity contribution >= 4 is 11.3 Å². The highest BCUT2D eigenvalue weighted by atomic mass is 16.5. The molecule has 0 aliphatic heterocycles. The van der Waals surface area contributed by atoms with Crippen LogP contribution in [0.1, 0.15) is 17.0 Å². The zero-order valence-electron chi connectivity index (χ0n) is 20.2. The number of hydrogen-bond donors (Lipinski definition) is 2. The van der Waals surface area contributed by atoms with Crippen LogP contribution in [-0.4, -0.2) is 34.9 Å². The molecule has 0 bridgehead atoms. The molecule has 5 rings (SSSR count). The minimum atomic E-state index is 0.594. The highest BCUT2D eigenvalue weighted by Crippen LogP contribution is 2.23. The first-order valence-corrected chi connectivity index (χ1v) is 11.9. The van der Waals surface area contributed by atoms with Gasteiger partial charge in [-0.3, -0.25) is 0 Å². The summed E-state index contributed by atoms with van der Waals surface area (Å²) in [4.78, 5) is 4.73. The van der Waals surface area contributed by atoms with Crippen LogP contribution in [0.15, 0.2) is 91.0 Å².